The highest BCUT2D eigenvalue weighted by Crippen LogP contribution is 2.50. The van der Waals surface area contributed by atoms with Crippen LogP contribution < -0.4 is 0 Å². The molecule has 0 radical (unpaired) electrons. The van der Waals surface area contributed by atoms with Crippen LogP contribution in [0.5, 0.6) is 0 Å². The maximum atomic E-state index is 12.2. The quantitative estimate of drug-likeness (QED) is 0.115. The summed E-state index contributed by atoms with van der Waals surface area (Å²) in [6.07, 6.45) is 11.3. The summed E-state index contributed by atoms with van der Waals surface area (Å²) >= 11 is 0. The molecule has 5 aromatic rings. The molecule has 0 saturated carbocycles. The molecule has 52 heavy (non-hydrogen) atoms. The zero-order chi connectivity index (χ0) is 35.5. The Morgan fingerprint density at radius 3 is 1.46 bits per heavy atom. The summed E-state index contributed by atoms with van der Waals surface area (Å²) in [5.74, 6) is 2.09. The first-order valence-electron chi connectivity index (χ1n) is 19.5. The van der Waals surface area contributed by atoms with Crippen molar-refractivity contribution in [1.29, 1.82) is 0 Å². The zero-order valence-corrected chi connectivity index (χ0v) is 30.2. The molecule has 6 aliphatic rings. The molecule has 6 heteroatoms. The van der Waals surface area contributed by atoms with Crippen molar-refractivity contribution in [3.05, 3.63) is 145 Å². The Morgan fingerprint density at radius 1 is 0.615 bits per heavy atom. The number of nitrogens with zero attached hydrogens (tertiary/aromatic N) is 4. The molecule has 6 fully saturated rings. The lowest BCUT2D eigenvalue weighted by molar-refractivity contribution is -0.985. The van der Waals surface area contributed by atoms with Gasteiger partial charge in [0, 0.05) is 71.8 Å². The number of aromatic nitrogens is 2. The molecule has 4 bridgehead atoms. The monoisotopic (exact) mass is 692 g/mol. The maximum Gasteiger partial charge on any atom is 0.131 e. The van der Waals surface area contributed by atoms with Crippen molar-refractivity contribution in [2.45, 2.75) is 63.1 Å². The molecule has 2 N–H and O–H groups in total. The summed E-state index contributed by atoms with van der Waals surface area (Å²) in [4.78, 5) is 9.18. The van der Waals surface area contributed by atoms with Crippen LogP contribution in [0.15, 0.2) is 123 Å². The Bertz CT molecular complexity index is 1950. The summed E-state index contributed by atoms with van der Waals surface area (Å²) < 4.78 is 1.78. The number of pyridine rings is 2. The van der Waals surface area contributed by atoms with E-state index in [1.165, 1.54) is 24.0 Å². The number of quaternary nitrogens is 2. The Morgan fingerprint density at radius 2 is 1.04 bits per heavy atom. The van der Waals surface area contributed by atoms with Gasteiger partial charge in [-0.2, -0.15) is 0 Å². The maximum absolute atomic E-state index is 12.2. The van der Waals surface area contributed by atoms with E-state index in [1.807, 2.05) is 60.9 Å². The molecule has 6 aliphatic heterocycles. The Labute approximate surface area is 308 Å². The van der Waals surface area contributed by atoms with Crippen molar-refractivity contribution >= 4 is 21.8 Å². The van der Waals surface area contributed by atoms with Gasteiger partial charge in [0.15, 0.2) is 0 Å². The third-order valence-electron chi connectivity index (χ3n) is 14.1. The van der Waals surface area contributed by atoms with Gasteiger partial charge in [0.25, 0.3) is 0 Å². The first-order valence-corrected chi connectivity index (χ1v) is 19.5. The molecule has 0 aliphatic carbocycles. The fourth-order valence-corrected chi connectivity index (χ4v) is 11.4. The highest BCUT2D eigenvalue weighted by atomic mass is 16.3. The lowest BCUT2D eigenvalue weighted by Crippen LogP contribution is -2.67. The highest BCUT2D eigenvalue weighted by Gasteiger charge is 2.55. The normalized spacial score (nSPS) is 32.1. The average Bonchev–Trinajstić information content (AvgIpc) is 3.20. The lowest BCUT2D eigenvalue weighted by atomic mass is 9.71. The van der Waals surface area contributed by atoms with Gasteiger partial charge in [-0.1, -0.05) is 72.8 Å². The van der Waals surface area contributed by atoms with E-state index in [9.17, 15) is 10.2 Å². The van der Waals surface area contributed by atoms with Gasteiger partial charge in [0.2, 0.25) is 0 Å². The van der Waals surface area contributed by atoms with E-state index in [0.29, 0.717) is 23.7 Å². The van der Waals surface area contributed by atoms with Crippen molar-refractivity contribution < 1.29 is 19.2 Å². The van der Waals surface area contributed by atoms with Crippen molar-refractivity contribution in [3.8, 4) is 0 Å². The average molecular weight is 693 g/mol. The van der Waals surface area contributed by atoms with E-state index < -0.39 is 12.2 Å². The summed E-state index contributed by atoms with van der Waals surface area (Å²) in [6.45, 7) is 14.5. The van der Waals surface area contributed by atoms with E-state index in [2.05, 4.69) is 71.7 Å². The van der Waals surface area contributed by atoms with Crippen LogP contribution in [0.4, 0.5) is 0 Å². The molecule has 0 spiro atoms. The first-order chi connectivity index (χ1) is 25.4. The minimum absolute atomic E-state index is 0.121. The molecule has 10 atom stereocenters. The third kappa shape index (κ3) is 5.63. The molecule has 6 saturated heterocycles. The predicted octanol–water partition coefficient (Wildman–Crippen LogP) is 8.07. The number of para-hydroxylation sites is 2. The van der Waals surface area contributed by atoms with E-state index in [0.717, 1.165) is 94.0 Å². The van der Waals surface area contributed by atoms with Crippen molar-refractivity contribution in [3.63, 3.8) is 0 Å². The number of aliphatic hydroxyl groups excluding tert-OH is 2. The first kappa shape index (κ1) is 33.6. The van der Waals surface area contributed by atoms with Crippen LogP contribution in [0, 0.1) is 23.7 Å². The topological polar surface area (TPSA) is 66.2 Å². The van der Waals surface area contributed by atoms with Gasteiger partial charge in [-0.3, -0.25) is 9.97 Å². The molecule has 3 aromatic carbocycles. The minimum Gasteiger partial charge on any atom is -0.382 e. The predicted molar refractivity (Wildman–Crippen MR) is 208 cm³/mol. The molecule has 2 aromatic heterocycles. The summed E-state index contributed by atoms with van der Waals surface area (Å²) in [7, 11) is 0. The summed E-state index contributed by atoms with van der Waals surface area (Å²) in [5.41, 5.74) is 6.52. The van der Waals surface area contributed by atoms with Gasteiger partial charge in [-0.25, -0.2) is 0 Å². The smallest absolute Gasteiger partial charge is 0.131 e. The van der Waals surface area contributed by atoms with Crippen LogP contribution in [0.3, 0.4) is 0 Å². The van der Waals surface area contributed by atoms with Gasteiger partial charge in [-0.05, 0) is 47.2 Å². The van der Waals surface area contributed by atoms with E-state index in [-0.39, 0.29) is 12.1 Å². The fraction of sp³-hybridized carbons (Fsp3) is 0.391. The summed E-state index contributed by atoms with van der Waals surface area (Å²) in [6, 6.07) is 30.1. The number of hydrogen-bond donors (Lipinski definition) is 2. The number of rotatable bonds is 10. The SMILES string of the molecule is C=CC1C[N+]2(Cc3ccc(C[N+]45CCC(CC4C(O)c4ccnc6ccccc46)C(C=C)C5)cc3)CCC1CC2C(O)c1ccnc2ccccc12. The van der Waals surface area contributed by atoms with Crippen molar-refractivity contribution in [2.24, 2.45) is 23.7 Å². The number of fused-ring (bicyclic) bond motifs is 8. The highest BCUT2D eigenvalue weighted by molar-refractivity contribution is 5.83. The standard InChI is InChI=1S/C46H52N4O2/c1-3-33-29-49(23-19-35(33)25-43(49)45(51)39-17-21-47-41-11-7-5-9-37(39)41)27-31-13-15-32(16-14-31)28-50-24-20-36(34(4-2)30-50)26-44(50)46(52)40-18-22-48-42-12-8-6-10-38(40)42/h3-18,21-22,33-36,43-46,51-52H,1-2,19-20,23-30H2/q+2. The molecular weight excluding hydrogens is 641 g/mol. The van der Waals surface area contributed by atoms with E-state index >= 15 is 0 Å². The molecule has 266 valence electrons. The van der Waals surface area contributed by atoms with Gasteiger partial charge in [0.05, 0.1) is 37.2 Å². The fourth-order valence-electron chi connectivity index (χ4n) is 11.4. The minimum atomic E-state index is -0.558. The van der Waals surface area contributed by atoms with E-state index in [1.54, 1.807) is 0 Å². The molecular formula is C46H52N4O2+2. The van der Waals surface area contributed by atoms with Crippen LogP contribution in [0.2, 0.25) is 0 Å². The van der Waals surface area contributed by atoms with E-state index in [4.69, 9.17) is 0 Å². The van der Waals surface area contributed by atoms with Gasteiger partial charge >= 0.3 is 0 Å². The number of hydrogen-bond acceptors (Lipinski definition) is 4. The Hall–Kier alpha value is -4.20. The molecule has 6 nitrogen and oxygen atoms in total. The van der Waals surface area contributed by atoms with Crippen molar-refractivity contribution in [1.82, 2.24) is 9.97 Å². The Kier molecular flexibility index (Phi) is 8.62. The molecule has 8 heterocycles. The largest absolute Gasteiger partial charge is 0.382 e. The van der Waals surface area contributed by atoms with Gasteiger partial charge in [0.1, 0.15) is 37.4 Å². The molecule has 10 unspecified atom stereocenters. The van der Waals surface area contributed by atoms with Crippen LogP contribution in [-0.4, -0.2) is 67.4 Å². The van der Waals surface area contributed by atoms with Gasteiger partial charge < -0.3 is 19.2 Å². The lowest BCUT2D eigenvalue weighted by Gasteiger charge is -2.58. The summed E-state index contributed by atoms with van der Waals surface area (Å²) in [5, 5.41) is 26.5. The van der Waals surface area contributed by atoms with Crippen LogP contribution in [0.1, 0.15) is 60.1 Å². The molecule has 11 rings (SSSR count). The molecule has 0 amide bonds. The van der Waals surface area contributed by atoms with Crippen LogP contribution >= 0.6 is 0 Å². The Balaban J connectivity index is 0.999. The van der Waals surface area contributed by atoms with Crippen LogP contribution in [-0.2, 0) is 13.1 Å². The van der Waals surface area contributed by atoms with Gasteiger partial charge in [-0.15, -0.1) is 13.2 Å². The second kappa shape index (κ2) is 13.3. The van der Waals surface area contributed by atoms with Crippen LogP contribution in [0.25, 0.3) is 21.8 Å². The second-order valence-corrected chi connectivity index (χ2v) is 16.6. The van der Waals surface area contributed by atoms with Crippen molar-refractivity contribution in [2.75, 3.05) is 26.2 Å². The number of piperidine rings is 6. The number of benzene rings is 3. The second-order valence-electron chi connectivity index (χ2n) is 16.6. The third-order valence-corrected chi connectivity index (χ3v) is 14.1. The zero-order valence-electron chi connectivity index (χ0n) is 30.2. The number of aliphatic hydroxyl groups is 2.